The number of aliphatic hydroxyl groups is 1. The summed E-state index contributed by atoms with van der Waals surface area (Å²) in [4.78, 5) is 19.9. The van der Waals surface area contributed by atoms with Crippen molar-refractivity contribution in [3.05, 3.63) is 12.2 Å². The van der Waals surface area contributed by atoms with Gasteiger partial charge in [-0.15, -0.1) is 0 Å². The van der Waals surface area contributed by atoms with Crippen LogP contribution >= 0.6 is 0 Å². The lowest BCUT2D eigenvalue weighted by Crippen LogP contribution is -1.96. The molecule has 0 atom stereocenters. The fraction of sp³-hybridized carbons (Fsp3) is 0.333. The predicted octanol–water partition coefficient (Wildman–Crippen LogP) is -0.591. The summed E-state index contributed by atoms with van der Waals surface area (Å²) in [6.07, 6.45) is 1.55. The summed E-state index contributed by atoms with van der Waals surface area (Å²) in [6, 6.07) is 0. The molecule has 0 saturated heterocycles. The van der Waals surface area contributed by atoms with Crippen LogP contribution in [0.25, 0.3) is 0 Å². The number of carboxylic acid groups (broad SMARTS) is 1. The molecule has 0 amide bonds. The van der Waals surface area contributed by atoms with Gasteiger partial charge in [-0.25, -0.2) is 9.59 Å². The third-order valence-electron chi connectivity index (χ3n) is 0.563. The molecule has 11 heavy (non-hydrogen) atoms. The molecule has 0 aromatic carbocycles. The van der Waals surface area contributed by atoms with Crippen molar-refractivity contribution >= 4 is 11.9 Å². The molecule has 0 radical (unpaired) electrons. The summed E-state index contributed by atoms with van der Waals surface area (Å²) >= 11 is 0. The van der Waals surface area contributed by atoms with Crippen LogP contribution in [0.5, 0.6) is 0 Å². The first-order valence-corrected chi connectivity index (χ1v) is 2.60. The van der Waals surface area contributed by atoms with Crippen LogP contribution in [0, 0.1) is 0 Å². The number of hydrogen-bond donors (Lipinski definition) is 2. The Hall–Kier alpha value is -1.36. The summed E-state index contributed by atoms with van der Waals surface area (Å²) in [5.41, 5.74) is 0. The molecule has 0 aromatic heterocycles. The number of aliphatic hydroxyl groups excluding tert-OH is 1. The van der Waals surface area contributed by atoms with E-state index in [0.717, 1.165) is 13.2 Å². The van der Waals surface area contributed by atoms with Crippen molar-refractivity contribution in [1.82, 2.24) is 0 Å². The van der Waals surface area contributed by atoms with Crippen molar-refractivity contribution in [2.45, 2.75) is 0 Å². The summed E-state index contributed by atoms with van der Waals surface area (Å²) < 4.78 is 4.11. The van der Waals surface area contributed by atoms with Crippen molar-refractivity contribution in [3.8, 4) is 0 Å². The molecule has 2 N–H and O–H groups in total. The van der Waals surface area contributed by atoms with Crippen LogP contribution in [0.2, 0.25) is 0 Å². The zero-order valence-electron chi connectivity index (χ0n) is 6.27. The van der Waals surface area contributed by atoms with Gasteiger partial charge in [0.2, 0.25) is 0 Å². The normalized spacial score (nSPS) is 8.27. The van der Waals surface area contributed by atoms with Crippen molar-refractivity contribution in [2.75, 3.05) is 14.2 Å². The molecular formula is C6H10O5. The number of carboxylic acids is 1. The standard InChI is InChI=1S/C5H6O4.CH4O/c1-9-5(8)3-2-4(6)7;1-2/h2-3H,1H3,(H,6,7);2H,1H3. The number of aliphatic carboxylic acids is 1. The first-order chi connectivity index (χ1) is 5.16. The SMILES string of the molecule is CO.COC(=O)C=CC(=O)O. The van der Waals surface area contributed by atoms with Gasteiger partial charge in [0.05, 0.1) is 7.11 Å². The van der Waals surface area contributed by atoms with Gasteiger partial charge in [0.15, 0.2) is 0 Å². The van der Waals surface area contributed by atoms with Gasteiger partial charge in [-0.3, -0.25) is 0 Å². The van der Waals surface area contributed by atoms with Gasteiger partial charge in [0, 0.05) is 19.3 Å². The Bertz CT molecular complexity index is 149. The average Bonchev–Trinajstić information content (AvgIpc) is 2.04. The number of ether oxygens (including phenoxy) is 1. The highest BCUT2D eigenvalue weighted by molar-refractivity contribution is 5.90. The molecule has 0 rings (SSSR count). The molecule has 5 heteroatoms. The quantitative estimate of drug-likeness (QED) is 0.418. The van der Waals surface area contributed by atoms with Gasteiger partial charge in [0.25, 0.3) is 0 Å². The Morgan fingerprint density at radius 3 is 2.00 bits per heavy atom. The van der Waals surface area contributed by atoms with Crippen LogP contribution in [0.1, 0.15) is 0 Å². The Balaban J connectivity index is 0. The largest absolute Gasteiger partial charge is 0.478 e. The number of rotatable bonds is 2. The lowest BCUT2D eigenvalue weighted by molar-refractivity contribution is -0.136. The van der Waals surface area contributed by atoms with Gasteiger partial charge < -0.3 is 14.9 Å². The molecule has 64 valence electrons. The molecule has 0 spiro atoms. The number of esters is 1. The fourth-order valence-corrected chi connectivity index (χ4v) is 0.207. The van der Waals surface area contributed by atoms with Crippen LogP contribution in [0.15, 0.2) is 12.2 Å². The van der Waals surface area contributed by atoms with E-state index in [1.54, 1.807) is 0 Å². The Labute approximate surface area is 63.9 Å². The summed E-state index contributed by atoms with van der Waals surface area (Å²) in [5.74, 6) is -1.84. The van der Waals surface area contributed by atoms with Gasteiger partial charge in [-0.2, -0.15) is 0 Å². The van der Waals surface area contributed by atoms with E-state index in [1.807, 2.05) is 0 Å². The molecular weight excluding hydrogens is 152 g/mol. The summed E-state index contributed by atoms with van der Waals surface area (Å²) in [5, 5.41) is 15.0. The highest BCUT2D eigenvalue weighted by atomic mass is 16.5. The second-order valence-corrected chi connectivity index (χ2v) is 1.19. The minimum Gasteiger partial charge on any atom is -0.478 e. The lowest BCUT2D eigenvalue weighted by Gasteiger charge is -1.85. The van der Waals surface area contributed by atoms with Crippen molar-refractivity contribution in [1.29, 1.82) is 0 Å². The molecule has 0 aliphatic heterocycles. The average molecular weight is 162 g/mol. The highest BCUT2D eigenvalue weighted by Gasteiger charge is 1.91. The molecule has 0 heterocycles. The molecule has 0 saturated carbocycles. The third kappa shape index (κ3) is 12.0. The van der Waals surface area contributed by atoms with Gasteiger partial charge in [0.1, 0.15) is 0 Å². The second-order valence-electron chi connectivity index (χ2n) is 1.19. The topological polar surface area (TPSA) is 83.8 Å². The van der Waals surface area contributed by atoms with Crippen LogP contribution in [0.4, 0.5) is 0 Å². The number of carbonyl (C=O) groups is 2. The Morgan fingerprint density at radius 1 is 1.27 bits per heavy atom. The minimum atomic E-state index is -1.17. The van der Waals surface area contributed by atoms with Crippen LogP contribution in [0.3, 0.4) is 0 Å². The number of methoxy groups -OCH3 is 1. The Kier molecular flexibility index (Phi) is 9.68. The van der Waals surface area contributed by atoms with E-state index in [0.29, 0.717) is 6.08 Å². The van der Waals surface area contributed by atoms with E-state index in [-0.39, 0.29) is 0 Å². The van der Waals surface area contributed by atoms with E-state index in [2.05, 4.69) is 4.74 Å². The first-order valence-electron chi connectivity index (χ1n) is 2.60. The second kappa shape index (κ2) is 8.64. The van der Waals surface area contributed by atoms with Gasteiger partial charge in [-0.1, -0.05) is 0 Å². The van der Waals surface area contributed by atoms with E-state index in [4.69, 9.17) is 10.2 Å². The van der Waals surface area contributed by atoms with Crippen molar-refractivity contribution in [3.63, 3.8) is 0 Å². The molecule has 5 nitrogen and oxygen atoms in total. The van der Waals surface area contributed by atoms with Crippen LogP contribution in [-0.2, 0) is 14.3 Å². The zero-order valence-corrected chi connectivity index (χ0v) is 6.27. The maximum absolute atomic E-state index is 10.1. The van der Waals surface area contributed by atoms with Crippen molar-refractivity contribution in [2.24, 2.45) is 0 Å². The van der Waals surface area contributed by atoms with E-state index >= 15 is 0 Å². The minimum absolute atomic E-state index is 0.669. The van der Waals surface area contributed by atoms with Gasteiger partial charge >= 0.3 is 11.9 Å². The maximum Gasteiger partial charge on any atom is 0.330 e. The van der Waals surface area contributed by atoms with Crippen LogP contribution < -0.4 is 0 Å². The predicted molar refractivity (Wildman–Crippen MR) is 36.9 cm³/mol. The maximum atomic E-state index is 10.1. The van der Waals surface area contributed by atoms with E-state index in [9.17, 15) is 9.59 Å². The first kappa shape index (κ1) is 12.3. The third-order valence-corrected chi connectivity index (χ3v) is 0.563. The molecule has 0 aliphatic rings. The zero-order chi connectivity index (χ0) is 9.28. The van der Waals surface area contributed by atoms with E-state index < -0.39 is 11.9 Å². The number of carbonyl (C=O) groups excluding carboxylic acids is 1. The molecule has 0 aromatic rings. The van der Waals surface area contributed by atoms with Crippen molar-refractivity contribution < 1.29 is 24.5 Å². The monoisotopic (exact) mass is 162 g/mol. The number of hydrogen-bond acceptors (Lipinski definition) is 4. The lowest BCUT2D eigenvalue weighted by atomic mass is 10.5. The van der Waals surface area contributed by atoms with Crippen LogP contribution in [-0.4, -0.2) is 36.4 Å². The Morgan fingerprint density at radius 2 is 1.73 bits per heavy atom. The molecule has 0 fully saturated rings. The summed E-state index contributed by atoms with van der Waals surface area (Å²) in [7, 11) is 2.18. The van der Waals surface area contributed by atoms with Gasteiger partial charge in [-0.05, 0) is 0 Å². The fourth-order valence-electron chi connectivity index (χ4n) is 0.207. The van der Waals surface area contributed by atoms with E-state index in [1.165, 1.54) is 7.11 Å². The smallest absolute Gasteiger partial charge is 0.330 e. The summed E-state index contributed by atoms with van der Waals surface area (Å²) in [6.45, 7) is 0. The molecule has 0 unspecified atom stereocenters. The molecule has 0 bridgehead atoms. The molecule has 0 aliphatic carbocycles. The highest BCUT2D eigenvalue weighted by Crippen LogP contribution is 1.76.